The molecule has 27 heavy (non-hydrogen) atoms. The van der Waals surface area contributed by atoms with Gasteiger partial charge in [0.05, 0.1) is 25.4 Å². The summed E-state index contributed by atoms with van der Waals surface area (Å²) in [5.74, 6) is 0.689. The number of methoxy groups -OCH3 is 1. The van der Waals surface area contributed by atoms with E-state index in [1.165, 1.54) is 11.1 Å². The molecule has 8 nitrogen and oxygen atoms in total. The lowest BCUT2D eigenvalue weighted by atomic mass is 9.95. The van der Waals surface area contributed by atoms with Crippen LogP contribution < -0.4 is 21.5 Å². The molecule has 1 aromatic carbocycles. The molecule has 0 fully saturated rings. The van der Waals surface area contributed by atoms with Gasteiger partial charge in [-0.1, -0.05) is 0 Å². The molecule has 2 aromatic rings. The second kappa shape index (κ2) is 7.05. The van der Waals surface area contributed by atoms with Crippen molar-refractivity contribution in [2.75, 3.05) is 20.2 Å². The van der Waals surface area contributed by atoms with Crippen LogP contribution in [0.1, 0.15) is 22.6 Å². The summed E-state index contributed by atoms with van der Waals surface area (Å²) in [5.41, 5.74) is 15.6. The van der Waals surface area contributed by atoms with E-state index in [4.69, 9.17) is 20.6 Å². The Morgan fingerprint density at radius 2 is 2.07 bits per heavy atom. The summed E-state index contributed by atoms with van der Waals surface area (Å²) in [5, 5.41) is 3.10. The topological polar surface area (TPSA) is 115 Å². The number of rotatable bonds is 4. The predicted octanol–water partition coefficient (Wildman–Crippen LogP) is 0.827. The second-order valence-electron chi connectivity index (χ2n) is 6.80. The van der Waals surface area contributed by atoms with Crippen LogP contribution in [0.3, 0.4) is 0 Å². The van der Waals surface area contributed by atoms with Crippen molar-refractivity contribution in [2.24, 2.45) is 16.5 Å². The Bertz CT molecular complexity index is 877. The van der Waals surface area contributed by atoms with E-state index in [9.17, 15) is 0 Å². The zero-order chi connectivity index (χ0) is 18.9. The van der Waals surface area contributed by atoms with E-state index in [0.29, 0.717) is 18.1 Å². The molecule has 0 radical (unpaired) electrons. The summed E-state index contributed by atoms with van der Waals surface area (Å²) in [7, 11) is 1.64. The molecule has 4 rings (SSSR count). The van der Waals surface area contributed by atoms with Gasteiger partial charge in [-0.2, -0.15) is 0 Å². The van der Waals surface area contributed by atoms with Crippen molar-refractivity contribution < 1.29 is 9.15 Å². The number of fused-ring (bicyclic) bond motifs is 1. The summed E-state index contributed by atoms with van der Waals surface area (Å²) in [6.07, 6.45) is 8.50. The lowest BCUT2D eigenvalue weighted by Crippen LogP contribution is -2.49. The smallest absolute Gasteiger partial charge is 0.214 e. The van der Waals surface area contributed by atoms with Crippen LogP contribution in [0.15, 0.2) is 46.3 Å². The van der Waals surface area contributed by atoms with Gasteiger partial charge in [0.25, 0.3) is 0 Å². The fourth-order valence-corrected chi connectivity index (χ4v) is 3.61. The molecule has 0 bridgehead atoms. The minimum Gasteiger partial charge on any atom is -0.496 e. The van der Waals surface area contributed by atoms with Crippen molar-refractivity contribution in [3.8, 4) is 5.75 Å². The third kappa shape index (κ3) is 3.54. The van der Waals surface area contributed by atoms with Crippen molar-refractivity contribution in [3.63, 3.8) is 0 Å². The van der Waals surface area contributed by atoms with Gasteiger partial charge in [-0.25, -0.2) is 9.98 Å². The van der Waals surface area contributed by atoms with Crippen molar-refractivity contribution in [3.05, 3.63) is 59.4 Å². The zero-order valence-corrected chi connectivity index (χ0v) is 15.3. The number of ether oxygens (including phenoxy) is 1. The molecule has 0 amide bonds. The highest BCUT2D eigenvalue weighted by Gasteiger charge is 2.32. The third-order valence-corrected chi connectivity index (χ3v) is 5.03. The minimum absolute atomic E-state index is 0.380. The highest BCUT2D eigenvalue weighted by atomic mass is 16.5. The maximum atomic E-state index is 6.50. The quantitative estimate of drug-likeness (QED) is 0.732. The molecule has 5 N–H and O–H groups in total. The number of nitrogens with two attached hydrogens (primary N) is 2. The first-order valence-corrected chi connectivity index (χ1v) is 8.97. The van der Waals surface area contributed by atoms with Gasteiger partial charge in [0.2, 0.25) is 11.7 Å². The molecule has 1 unspecified atom stereocenters. The fourth-order valence-electron chi connectivity index (χ4n) is 3.61. The summed E-state index contributed by atoms with van der Waals surface area (Å²) < 4.78 is 11.0. The highest BCUT2D eigenvalue weighted by Crippen LogP contribution is 2.33. The Balaban J connectivity index is 1.61. The van der Waals surface area contributed by atoms with Crippen LogP contribution >= 0.6 is 0 Å². The monoisotopic (exact) mass is 368 g/mol. The van der Waals surface area contributed by atoms with E-state index >= 15 is 0 Å². The largest absolute Gasteiger partial charge is 0.496 e. The Morgan fingerprint density at radius 3 is 2.74 bits per heavy atom. The fraction of sp³-hybridized carbons (Fsp3) is 0.368. The summed E-state index contributed by atoms with van der Waals surface area (Å²) in [6.45, 7) is 2.55. The molecule has 1 aromatic heterocycles. The van der Waals surface area contributed by atoms with E-state index in [-0.39, 0.29) is 0 Å². The Kier molecular flexibility index (Phi) is 4.59. The molecule has 0 saturated carbocycles. The number of nitrogens with one attached hydrogen (secondary N) is 1. The molecule has 8 heteroatoms. The molecular formula is C19H24N6O2. The molecule has 2 aliphatic rings. The summed E-state index contributed by atoms with van der Waals surface area (Å²) >= 11 is 0. The average Bonchev–Trinajstić information content (AvgIpc) is 3.08. The number of hydrogen-bond donors (Lipinski definition) is 3. The van der Waals surface area contributed by atoms with E-state index < -0.39 is 5.79 Å². The van der Waals surface area contributed by atoms with Crippen LogP contribution in [0, 0.1) is 0 Å². The minimum atomic E-state index is -1.14. The molecule has 0 aliphatic carbocycles. The Labute approximate surface area is 157 Å². The van der Waals surface area contributed by atoms with Gasteiger partial charge in [0.15, 0.2) is 0 Å². The van der Waals surface area contributed by atoms with Crippen LogP contribution in [-0.4, -0.2) is 35.9 Å². The van der Waals surface area contributed by atoms with Crippen LogP contribution in [0.4, 0.5) is 0 Å². The van der Waals surface area contributed by atoms with E-state index in [0.717, 1.165) is 37.4 Å². The van der Waals surface area contributed by atoms with Gasteiger partial charge in [0, 0.05) is 19.3 Å². The molecule has 0 spiro atoms. The Hall–Kier alpha value is -2.84. The van der Waals surface area contributed by atoms with Gasteiger partial charge < -0.3 is 20.2 Å². The summed E-state index contributed by atoms with van der Waals surface area (Å²) in [4.78, 5) is 11.0. The van der Waals surface area contributed by atoms with Crippen molar-refractivity contribution in [2.45, 2.75) is 25.2 Å². The van der Waals surface area contributed by atoms with Gasteiger partial charge in [0.1, 0.15) is 17.8 Å². The Morgan fingerprint density at radius 1 is 1.30 bits per heavy atom. The number of benzene rings is 1. The molecule has 3 heterocycles. The van der Waals surface area contributed by atoms with Gasteiger partial charge in [-0.3, -0.25) is 10.6 Å². The second-order valence-corrected chi connectivity index (χ2v) is 6.80. The van der Waals surface area contributed by atoms with Crippen LogP contribution in [-0.2, 0) is 25.2 Å². The molecular weight excluding hydrogens is 344 g/mol. The predicted molar refractivity (Wildman–Crippen MR) is 102 cm³/mol. The van der Waals surface area contributed by atoms with Crippen molar-refractivity contribution in [1.29, 1.82) is 0 Å². The maximum Gasteiger partial charge on any atom is 0.214 e. The van der Waals surface area contributed by atoms with Gasteiger partial charge in [-0.15, -0.1) is 0 Å². The van der Waals surface area contributed by atoms with Crippen LogP contribution in [0.5, 0.6) is 5.75 Å². The lowest BCUT2D eigenvalue weighted by molar-refractivity contribution is 0.250. The first-order valence-electron chi connectivity index (χ1n) is 8.97. The first-order chi connectivity index (χ1) is 13.1. The van der Waals surface area contributed by atoms with Crippen molar-refractivity contribution in [1.82, 2.24) is 15.2 Å². The number of nitrogens with zero attached hydrogens (tertiary/aromatic N) is 3. The molecule has 1 atom stereocenters. The number of amidine groups is 1. The number of oxazole rings is 1. The normalized spacial score (nSPS) is 22.5. The average molecular weight is 368 g/mol. The molecule has 2 aliphatic heterocycles. The highest BCUT2D eigenvalue weighted by molar-refractivity contribution is 5.92. The van der Waals surface area contributed by atoms with Crippen molar-refractivity contribution >= 4 is 5.84 Å². The molecule has 142 valence electrons. The van der Waals surface area contributed by atoms with Crippen LogP contribution in [0.25, 0.3) is 0 Å². The zero-order valence-electron chi connectivity index (χ0n) is 15.3. The summed E-state index contributed by atoms with van der Waals surface area (Å²) in [6, 6.07) is 4.16. The first kappa shape index (κ1) is 17.6. The van der Waals surface area contributed by atoms with E-state index in [1.807, 2.05) is 0 Å². The van der Waals surface area contributed by atoms with E-state index in [1.54, 1.807) is 31.8 Å². The number of hydrogen-bond acceptors (Lipinski definition) is 8. The standard InChI is InChI=1S/C19H24N6O2/c1-26-16-11-14-4-8-25(12-18-22-6-9-27-18)7-3-13(14)10-15(16)19(21)23-5-2-17(20)24-19/h2,5-6,9-11,23H,3-4,7-8,12,21H2,1H3,(H2,20,24). The SMILES string of the molecule is COc1cc2c(cc1C1(N)N=C(N)C=CN1)CCN(Cc1ncco1)CC2. The molecule has 0 saturated heterocycles. The third-order valence-electron chi connectivity index (χ3n) is 5.03. The lowest BCUT2D eigenvalue weighted by Gasteiger charge is -2.30. The number of aliphatic imine (C=N–C) groups is 1. The van der Waals surface area contributed by atoms with Gasteiger partial charge >= 0.3 is 0 Å². The number of aromatic nitrogens is 1. The van der Waals surface area contributed by atoms with Crippen LogP contribution in [0.2, 0.25) is 0 Å². The van der Waals surface area contributed by atoms with E-state index in [2.05, 4.69) is 32.3 Å². The van der Waals surface area contributed by atoms with Gasteiger partial charge in [-0.05, 0) is 42.2 Å². The maximum absolute atomic E-state index is 6.50.